The Morgan fingerprint density at radius 1 is 0.270 bits per heavy atom. The standard InChI is InChI=1S/C68H124O6/c1-4-7-10-13-16-19-22-25-27-29-31-33-34-36-37-39-41-43-46-49-52-55-58-61-67(70)73-64-65(63-72-66(69)60-57-54-51-48-45-24-21-18-15-12-9-6-3)74-68(71)62-59-56-53-50-47-44-42-40-38-35-32-30-28-26-23-20-17-14-11-8-5-2/h22,25,29-32,34,36,65H,4-21,23-24,26-28,33,35,37-64H2,1-3H3/b25-22-,31-29-,32-30-,36-34-. The van der Waals surface area contributed by atoms with Crippen molar-refractivity contribution < 1.29 is 28.6 Å². The summed E-state index contributed by atoms with van der Waals surface area (Å²) in [5.41, 5.74) is 0. The Bertz CT molecular complexity index is 1280. The minimum absolute atomic E-state index is 0.0726. The maximum atomic E-state index is 12.9. The number of carbonyl (C=O) groups excluding carboxylic acids is 3. The molecule has 0 aliphatic heterocycles. The number of hydrogen-bond acceptors (Lipinski definition) is 6. The van der Waals surface area contributed by atoms with Crippen LogP contribution in [0.5, 0.6) is 0 Å². The SMILES string of the molecule is CCCCCCC/C=C\C/C=C\C/C=C\CCCCCCCCCCC(=O)OCC(COC(=O)CCCCCCCCCCCCCC)OC(=O)CCCCCCCCCCC/C=C\CCCCCCCCCC. The molecule has 74 heavy (non-hydrogen) atoms. The zero-order chi connectivity index (χ0) is 53.6. The Hall–Kier alpha value is -2.63. The van der Waals surface area contributed by atoms with Gasteiger partial charge in [0.05, 0.1) is 0 Å². The van der Waals surface area contributed by atoms with E-state index in [0.717, 1.165) is 77.0 Å². The highest BCUT2D eigenvalue weighted by Crippen LogP contribution is 2.17. The first-order chi connectivity index (χ1) is 36.5. The van der Waals surface area contributed by atoms with E-state index in [4.69, 9.17) is 14.2 Å². The van der Waals surface area contributed by atoms with Crippen LogP contribution >= 0.6 is 0 Å². The van der Waals surface area contributed by atoms with Crippen LogP contribution in [0, 0.1) is 0 Å². The van der Waals surface area contributed by atoms with Crippen molar-refractivity contribution in [3.8, 4) is 0 Å². The number of unbranched alkanes of at least 4 members (excludes halogenated alkanes) is 41. The minimum Gasteiger partial charge on any atom is -0.462 e. The molecule has 0 amide bonds. The van der Waals surface area contributed by atoms with Crippen LogP contribution in [0.1, 0.15) is 348 Å². The van der Waals surface area contributed by atoms with Gasteiger partial charge in [-0.1, -0.05) is 294 Å². The lowest BCUT2D eigenvalue weighted by Gasteiger charge is -2.18. The molecule has 0 aliphatic rings. The van der Waals surface area contributed by atoms with E-state index < -0.39 is 6.10 Å². The molecule has 0 aromatic rings. The van der Waals surface area contributed by atoms with Gasteiger partial charge in [0.25, 0.3) is 0 Å². The van der Waals surface area contributed by atoms with Crippen LogP contribution < -0.4 is 0 Å². The van der Waals surface area contributed by atoms with Gasteiger partial charge in [-0.3, -0.25) is 14.4 Å². The van der Waals surface area contributed by atoms with Gasteiger partial charge in [0.2, 0.25) is 0 Å². The van der Waals surface area contributed by atoms with E-state index in [9.17, 15) is 14.4 Å². The van der Waals surface area contributed by atoms with Crippen molar-refractivity contribution in [3.63, 3.8) is 0 Å². The quantitative estimate of drug-likeness (QED) is 0.0261. The maximum Gasteiger partial charge on any atom is 0.306 e. The predicted molar refractivity (Wildman–Crippen MR) is 321 cm³/mol. The summed E-state index contributed by atoms with van der Waals surface area (Å²) >= 11 is 0. The van der Waals surface area contributed by atoms with Crippen molar-refractivity contribution in [1.29, 1.82) is 0 Å². The molecule has 1 atom stereocenters. The second-order valence-corrected chi connectivity index (χ2v) is 22.0. The third kappa shape index (κ3) is 60.2. The third-order valence-electron chi connectivity index (χ3n) is 14.6. The van der Waals surface area contributed by atoms with E-state index in [1.54, 1.807) is 0 Å². The van der Waals surface area contributed by atoms with E-state index in [1.165, 1.54) is 231 Å². The topological polar surface area (TPSA) is 78.9 Å². The van der Waals surface area contributed by atoms with Crippen LogP contribution in [0.3, 0.4) is 0 Å². The van der Waals surface area contributed by atoms with Gasteiger partial charge in [0.15, 0.2) is 6.10 Å². The smallest absolute Gasteiger partial charge is 0.306 e. The molecule has 0 bridgehead atoms. The fourth-order valence-corrected chi connectivity index (χ4v) is 9.62. The summed E-state index contributed by atoms with van der Waals surface area (Å²) in [7, 11) is 0. The molecule has 432 valence electrons. The molecule has 0 aliphatic carbocycles. The lowest BCUT2D eigenvalue weighted by atomic mass is 10.0. The predicted octanol–water partition coefficient (Wildman–Crippen LogP) is 22.2. The molecule has 0 N–H and O–H groups in total. The minimum atomic E-state index is -0.776. The number of hydrogen-bond donors (Lipinski definition) is 0. The second kappa shape index (κ2) is 62.9. The van der Waals surface area contributed by atoms with Crippen molar-refractivity contribution in [2.45, 2.75) is 354 Å². The van der Waals surface area contributed by atoms with Crippen LogP contribution in [-0.4, -0.2) is 37.2 Å². The highest BCUT2D eigenvalue weighted by Gasteiger charge is 2.19. The second-order valence-electron chi connectivity index (χ2n) is 22.0. The summed E-state index contributed by atoms with van der Waals surface area (Å²) in [6.07, 6.45) is 78.3. The van der Waals surface area contributed by atoms with E-state index in [1.807, 2.05) is 0 Å². The molecule has 0 fully saturated rings. The van der Waals surface area contributed by atoms with Crippen LogP contribution in [0.15, 0.2) is 48.6 Å². The summed E-state index contributed by atoms with van der Waals surface area (Å²) in [6.45, 7) is 6.67. The van der Waals surface area contributed by atoms with Gasteiger partial charge < -0.3 is 14.2 Å². The molecule has 0 saturated heterocycles. The van der Waals surface area contributed by atoms with Crippen LogP contribution in [0.2, 0.25) is 0 Å². The maximum absolute atomic E-state index is 12.9. The molecule has 0 rings (SSSR count). The Kier molecular flexibility index (Phi) is 60.7. The van der Waals surface area contributed by atoms with Gasteiger partial charge in [-0.15, -0.1) is 0 Å². The average molecular weight is 1040 g/mol. The van der Waals surface area contributed by atoms with Gasteiger partial charge in [0.1, 0.15) is 13.2 Å². The van der Waals surface area contributed by atoms with E-state index in [2.05, 4.69) is 69.4 Å². The zero-order valence-corrected chi connectivity index (χ0v) is 49.6. The summed E-state index contributed by atoms with van der Waals surface area (Å²) < 4.78 is 16.9. The zero-order valence-electron chi connectivity index (χ0n) is 49.6. The molecular weight excluding hydrogens is 913 g/mol. The highest BCUT2D eigenvalue weighted by molar-refractivity contribution is 5.71. The Labute approximate surface area is 460 Å². The summed E-state index contributed by atoms with van der Waals surface area (Å²) in [4.78, 5) is 38.3. The first-order valence-corrected chi connectivity index (χ1v) is 32.6. The molecule has 0 aromatic carbocycles. The first kappa shape index (κ1) is 71.4. The Balaban J connectivity index is 4.29. The molecule has 1 unspecified atom stereocenters. The van der Waals surface area contributed by atoms with Gasteiger partial charge in [-0.2, -0.15) is 0 Å². The average Bonchev–Trinajstić information content (AvgIpc) is 3.40. The molecular formula is C68H124O6. The van der Waals surface area contributed by atoms with Crippen molar-refractivity contribution in [2.75, 3.05) is 13.2 Å². The van der Waals surface area contributed by atoms with Gasteiger partial charge in [0, 0.05) is 19.3 Å². The van der Waals surface area contributed by atoms with Crippen LogP contribution in [0.25, 0.3) is 0 Å². The normalized spacial score (nSPS) is 12.3. The number of allylic oxidation sites excluding steroid dienone is 8. The lowest BCUT2D eigenvalue weighted by Crippen LogP contribution is -2.30. The third-order valence-corrected chi connectivity index (χ3v) is 14.6. The fourth-order valence-electron chi connectivity index (χ4n) is 9.62. The van der Waals surface area contributed by atoms with E-state index >= 15 is 0 Å². The summed E-state index contributed by atoms with van der Waals surface area (Å²) in [5.74, 6) is -0.862. The van der Waals surface area contributed by atoms with E-state index in [0.29, 0.717) is 19.3 Å². The van der Waals surface area contributed by atoms with Crippen LogP contribution in [-0.2, 0) is 28.6 Å². The van der Waals surface area contributed by atoms with Gasteiger partial charge in [-0.05, 0) is 83.5 Å². The monoisotopic (exact) mass is 1040 g/mol. The lowest BCUT2D eigenvalue weighted by molar-refractivity contribution is -0.167. The summed E-state index contributed by atoms with van der Waals surface area (Å²) in [6, 6.07) is 0. The Morgan fingerprint density at radius 3 is 0.770 bits per heavy atom. The highest BCUT2D eigenvalue weighted by atomic mass is 16.6. The Morgan fingerprint density at radius 2 is 0.486 bits per heavy atom. The number of rotatable bonds is 60. The van der Waals surface area contributed by atoms with Crippen molar-refractivity contribution in [2.24, 2.45) is 0 Å². The van der Waals surface area contributed by atoms with Crippen molar-refractivity contribution >= 4 is 17.9 Å². The molecule has 0 radical (unpaired) electrons. The molecule has 0 heterocycles. The van der Waals surface area contributed by atoms with Crippen molar-refractivity contribution in [3.05, 3.63) is 48.6 Å². The molecule has 0 aromatic heterocycles. The number of ether oxygens (including phenoxy) is 3. The molecule has 6 heteroatoms. The van der Waals surface area contributed by atoms with Gasteiger partial charge >= 0.3 is 17.9 Å². The largest absolute Gasteiger partial charge is 0.462 e. The van der Waals surface area contributed by atoms with Crippen LogP contribution in [0.4, 0.5) is 0 Å². The first-order valence-electron chi connectivity index (χ1n) is 32.6. The van der Waals surface area contributed by atoms with E-state index in [-0.39, 0.29) is 31.1 Å². The fraction of sp³-hybridized carbons (Fsp3) is 0.838. The number of esters is 3. The summed E-state index contributed by atoms with van der Waals surface area (Å²) in [5, 5.41) is 0. The van der Waals surface area contributed by atoms with Gasteiger partial charge in [-0.25, -0.2) is 0 Å². The molecule has 0 spiro atoms. The number of carbonyl (C=O) groups is 3. The molecule has 6 nitrogen and oxygen atoms in total. The molecule has 0 saturated carbocycles. The van der Waals surface area contributed by atoms with Crippen molar-refractivity contribution in [1.82, 2.24) is 0 Å².